The van der Waals surface area contributed by atoms with Crippen molar-refractivity contribution in [2.75, 3.05) is 13.2 Å². The van der Waals surface area contributed by atoms with Gasteiger partial charge >= 0.3 is 17.9 Å². The quantitative estimate of drug-likeness (QED) is 0.0262. The summed E-state index contributed by atoms with van der Waals surface area (Å²) in [4.78, 5) is 38.1. The van der Waals surface area contributed by atoms with Crippen molar-refractivity contribution < 1.29 is 28.6 Å². The lowest BCUT2D eigenvalue weighted by atomic mass is 10.1. The molecule has 0 N–H and O–H groups in total. The van der Waals surface area contributed by atoms with Gasteiger partial charge in [-0.25, -0.2) is 0 Å². The van der Waals surface area contributed by atoms with Gasteiger partial charge in [0.05, 0.1) is 0 Å². The first-order valence-electron chi connectivity index (χ1n) is 28.7. The molecule has 0 spiro atoms. The van der Waals surface area contributed by atoms with Gasteiger partial charge in [-0.3, -0.25) is 14.4 Å². The van der Waals surface area contributed by atoms with E-state index in [1.807, 2.05) is 12.2 Å². The van der Waals surface area contributed by atoms with Crippen LogP contribution in [0, 0.1) is 0 Å². The fraction of sp³-hybridized carbons (Fsp3) is 0.615. The number of hydrogen-bond acceptors (Lipinski definition) is 6. The predicted octanol–water partition coefficient (Wildman–Crippen LogP) is 19.4. The Balaban J connectivity index is 4.62. The van der Waals surface area contributed by atoms with Crippen LogP contribution in [-0.4, -0.2) is 37.2 Å². The van der Waals surface area contributed by atoms with E-state index in [0.717, 1.165) is 83.5 Å². The van der Waals surface area contributed by atoms with Gasteiger partial charge in [0, 0.05) is 19.3 Å². The van der Waals surface area contributed by atoms with Crippen molar-refractivity contribution in [3.63, 3.8) is 0 Å². The number of unbranched alkanes of at least 4 members (excludes halogenated alkanes) is 17. The van der Waals surface area contributed by atoms with Crippen molar-refractivity contribution in [1.29, 1.82) is 0 Å². The van der Waals surface area contributed by atoms with Crippen molar-refractivity contribution >= 4 is 17.9 Å². The lowest BCUT2D eigenvalue weighted by Crippen LogP contribution is -2.30. The summed E-state index contributed by atoms with van der Waals surface area (Å²) in [5, 5.41) is 0. The molecular weight excluding hydrogens is 877 g/mol. The molecule has 0 fully saturated rings. The summed E-state index contributed by atoms with van der Waals surface area (Å²) in [5.74, 6) is -1.09. The third kappa shape index (κ3) is 56.3. The summed E-state index contributed by atoms with van der Waals surface area (Å²) >= 11 is 0. The van der Waals surface area contributed by atoms with Crippen molar-refractivity contribution in [2.24, 2.45) is 0 Å². The summed E-state index contributed by atoms with van der Waals surface area (Å²) in [7, 11) is 0. The fourth-order valence-electron chi connectivity index (χ4n) is 7.27. The second-order valence-corrected chi connectivity index (χ2v) is 18.5. The molecule has 0 aromatic carbocycles. The molecule has 6 nitrogen and oxygen atoms in total. The van der Waals surface area contributed by atoms with Gasteiger partial charge in [0.15, 0.2) is 6.10 Å². The molecule has 0 bridgehead atoms. The van der Waals surface area contributed by atoms with E-state index in [-0.39, 0.29) is 44.0 Å². The lowest BCUT2D eigenvalue weighted by Gasteiger charge is -2.18. The van der Waals surface area contributed by atoms with E-state index in [1.54, 1.807) is 0 Å². The van der Waals surface area contributed by atoms with Crippen LogP contribution in [0.5, 0.6) is 0 Å². The van der Waals surface area contributed by atoms with E-state index < -0.39 is 6.10 Å². The summed E-state index contributed by atoms with van der Waals surface area (Å²) in [5.41, 5.74) is 0. The molecule has 0 rings (SSSR count). The Morgan fingerprint density at radius 2 is 0.549 bits per heavy atom. The van der Waals surface area contributed by atoms with Crippen molar-refractivity contribution in [3.05, 3.63) is 134 Å². The van der Waals surface area contributed by atoms with Crippen molar-refractivity contribution in [2.45, 2.75) is 245 Å². The first kappa shape index (κ1) is 66.6. The molecule has 0 aromatic heterocycles. The number of allylic oxidation sites excluding steroid dienone is 22. The molecule has 0 aliphatic rings. The van der Waals surface area contributed by atoms with Crippen LogP contribution in [0.15, 0.2) is 134 Å². The Morgan fingerprint density at radius 3 is 0.915 bits per heavy atom. The minimum Gasteiger partial charge on any atom is -0.462 e. The van der Waals surface area contributed by atoms with E-state index >= 15 is 0 Å². The molecule has 0 aliphatic heterocycles. The van der Waals surface area contributed by atoms with E-state index in [1.165, 1.54) is 103 Å². The maximum absolute atomic E-state index is 12.8. The van der Waals surface area contributed by atoms with Crippen molar-refractivity contribution in [1.82, 2.24) is 0 Å². The highest BCUT2D eigenvalue weighted by molar-refractivity contribution is 5.71. The zero-order valence-electron chi connectivity index (χ0n) is 45.7. The molecule has 0 heterocycles. The number of hydrogen-bond donors (Lipinski definition) is 0. The monoisotopic (exact) mass is 981 g/mol. The fourth-order valence-corrected chi connectivity index (χ4v) is 7.27. The third-order valence-electron chi connectivity index (χ3n) is 11.6. The SMILES string of the molecule is CCCCC/C=C\C/C=C\C/C=C\C/C=C\C/C=C\CCC(=O)OC[C@H](COC(=O)CCCCCCCCC/C=C\C/C=C\CCCCC)OC(=O)CCC/C=C\C/C=C\C/C=C\C/C=C\CCCCC. The van der Waals surface area contributed by atoms with Gasteiger partial charge in [0.2, 0.25) is 0 Å². The normalized spacial score (nSPS) is 13.1. The molecular formula is C65H104O6. The molecule has 0 unspecified atom stereocenters. The molecule has 6 heteroatoms. The van der Waals surface area contributed by atoms with Gasteiger partial charge in [-0.05, 0) is 128 Å². The molecule has 0 radical (unpaired) electrons. The highest BCUT2D eigenvalue weighted by Gasteiger charge is 2.19. The second-order valence-electron chi connectivity index (χ2n) is 18.5. The second kappa shape index (κ2) is 58.1. The highest BCUT2D eigenvalue weighted by Crippen LogP contribution is 2.12. The molecule has 0 aliphatic carbocycles. The number of rotatable bonds is 50. The topological polar surface area (TPSA) is 78.9 Å². The summed E-state index contributed by atoms with van der Waals surface area (Å²) < 4.78 is 16.7. The van der Waals surface area contributed by atoms with E-state index in [9.17, 15) is 14.4 Å². The first-order chi connectivity index (χ1) is 35.0. The average Bonchev–Trinajstić information content (AvgIpc) is 3.37. The van der Waals surface area contributed by atoms with E-state index in [4.69, 9.17) is 14.2 Å². The predicted molar refractivity (Wildman–Crippen MR) is 306 cm³/mol. The standard InChI is InChI=1S/C65H104O6/c1-4-7-10-13-16-19-22-25-28-31-32-35-37-40-43-46-49-52-55-58-64(67)70-61-62(71-65(68)59-56-53-50-47-44-41-38-34-30-27-24-21-18-15-12-9-6-3)60-69-63(66)57-54-51-48-45-42-39-36-33-29-26-23-20-17-14-11-8-5-2/h16-21,25-30,32,35,38,40-41,43,47,49-50,52,62H,4-15,22-24,31,33-34,36-37,39,42,44-46,48,51,53-61H2,1-3H3/b19-16-,20-17-,21-18-,28-25-,29-26-,30-27-,35-32-,41-38-,43-40-,50-47-,52-49-/t62-/m0/s1. The number of carbonyl (C=O) groups is 3. The Labute approximate surface area is 436 Å². The van der Waals surface area contributed by atoms with E-state index in [2.05, 4.69) is 142 Å². The molecule has 1 atom stereocenters. The summed E-state index contributed by atoms with van der Waals surface area (Å²) in [6.45, 7) is 6.43. The number of carbonyl (C=O) groups excluding carboxylic acids is 3. The van der Waals surface area contributed by atoms with Crippen LogP contribution in [0.2, 0.25) is 0 Å². The smallest absolute Gasteiger partial charge is 0.306 e. The zero-order chi connectivity index (χ0) is 51.4. The number of esters is 3. The van der Waals surface area contributed by atoms with Crippen LogP contribution in [0.1, 0.15) is 239 Å². The van der Waals surface area contributed by atoms with Gasteiger partial charge in [-0.1, -0.05) is 225 Å². The Kier molecular flexibility index (Phi) is 54.5. The Hall–Kier alpha value is -4.45. The van der Waals surface area contributed by atoms with Crippen LogP contribution >= 0.6 is 0 Å². The molecule has 0 aromatic rings. The lowest BCUT2D eigenvalue weighted by molar-refractivity contribution is -0.166. The van der Waals surface area contributed by atoms with Gasteiger partial charge in [-0.2, -0.15) is 0 Å². The highest BCUT2D eigenvalue weighted by atomic mass is 16.6. The first-order valence-corrected chi connectivity index (χ1v) is 28.7. The summed E-state index contributed by atoms with van der Waals surface area (Å²) in [6.07, 6.45) is 81.6. The molecule has 71 heavy (non-hydrogen) atoms. The largest absolute Gasteiger partial charge is 0.462 e. The Morgan fingerprint density at radius 1 is 0.282 bits per heavy atom. The van der Waals surface area contributed by atoms with Gasteiger partial charge < -0.3 is 14.2 Å². The summed E-state index contributed by atoms with van der Waals surface area (Å²) in [6, 6.07) is 0. The van der Waals surface area contributed by atoms with Crippen LogP contribution in [0.25, 0.3) is 0 Å². The van der Waals surface area contributed by atoms with Crippen LogP contribution in [0.3, 0.4) is 0 Å². The maximum Gasteiger partial charge on any atom is 0.306 e. The maximum atomic E-state index is 12.8. The average molecular weight is 982 g/mol. The minimum absolute atomic E-state index is 0.131. The molecule has 0 saturated carbocycles. The Bertz CT molecular complexity index is 1550. The molecule has 0 amide bonds. The molecule has 0 saturated heterocycles. The van der Waals surface area contributed by atoms with Crippen LogP contribution < -0.4 is 0 Å². The van der Waals surface area contributed by atoms with Crippen LogP contribution in [0.4, 0.5) is 0 Å². The van der Waals surface area contributed by atoms with Gasteiger partial charge in [0.1, 0.15) is 13.2 Å². The third-order valence-corrected chi connectivity index (χ3v) is 11.6. The number of ether oxygens (including phenoxy) is 3. The zero-order valence-corrected chi connectivity index (χ0v) is 45.7. The molecule has 400 valence electrons. The minimum atomic E-state index is -0.846. The van der Waals surface area contributed by atoms with E-state index in [0.29, 0.717) is 19.3 Å². The van der Waals surface area contributed by atoms with Crippen molar-refractivity contribution in [3.8, 4) is 0 Å². The van der Waals surface area contributed by atoms with Gasteiger partial charge in [-0.15, -0.1) is 0 Å². The van der Waals surface area contributed by atoms with Gasteiger partial charge in [0.25, 0.3) is 0 Å². The van der Waals surface area contributed by atoms with Crippen LogP contribution in [-0.2, 0) is 28.6 Å².